The van der Waals surface area contributed by atoms with Crippen molar-refractivity contribution in [2.45, 2.75) is 40.0 Å². The summed E-state index contributed by atoms with van der Waals surface area (Å²) in [6.07, 6.45) is 2.01. The zero-order chi connectivity index (χ0) is 12.0. The van der Waals surface area contributed by atoms with Crippen LogP contribution in [0.2, 0.25) is 0 Å². The van der Waals surface area contributed by atoms with Gasteiger partial charge in [0, 0.05) is 24.2 Å². The first-order valence-corrected chi connectivity index (χ1v) is 5.99. The Morgan fingerprint density at radius 1 is 1.19 bits per heavy atom. The molecule has 2 heteroatoms. The second-order valence-corrected chi connectivity index (χ2v) is 6.67. The van der Waals surface area contributed by atoms with E-state index in [-0.39, 0.29) is 5.41 Å². The molecule has 1 aromatic heterocycles. The first-order valence-electron chi connectivity index (χ1n) is 5.99. The topological polar surface area (TPSA) is 16.1 Å². The third kappa shape index (κ3) is 2.21. The minimum atomic E-state index is 0.146. The average Bonchev–Trinajstić information content (AvgIpc) is 2.13. The third-order valence-electron chi connectivity index (χ3n) is 3.12. The van der Waals surface area contributed by atoms with Crippen LogP contribution in [-0.2, 0) is 5.41 Å². The summed E-state index contributed by atoms with van der Waals surface area (Å²) in [7, 11) is 0. The SMILES string of the molecule is CC1(C)CN(c2ccc(C(C)(C)C)nc2)C1. The van der Waals surface area contributed by atoms with Crippen molar-refractivity contribution in [3.63, 3.8) is 0 Å². The Hall–Kier alpha value is -1.05. The molecule has 0 radical (unpaired) electrons. The van der Waals surface area contributed by atoms with Gasteiger partial charge < -0.3 is 4.90 Å². The van der Waals surface area contributed by atoms with Crippen LogP contribution >= 0.6 is 0 Å². The Labute approximate surface area is 98.7 Å². The summed E-state index contributed by atoms with van der Waals surface area (Å²) in [5.41, 5.74) is 3.04. The molecule has 1 saturated heterocycles. The lowest BCUT2D eigenvalue weighted by molar-refractivity contribution is 0.276. The van der Waals surface area contributed by atoms with E-state index in [9.17, 15) is 0 Å². The Morgan fingerprint density at radius 3 is 2.19 bits per heavy atom. The van der Waals surface area contributed by atoms with Crippen LogP contribution in [-0.4, -0.2) is 18.1 Å². The van der Waals surface area contributed by atoms with Crippen molar-refractivity contribution in [3.8, 4) is 0 Å². The van der Waals surface area contributed by atoms with E-state index in [0.29, 0.717) is 5.41 Å². The molecule has 1 aliphatic heterocycles. The van der Waals surface area contributed by atoms with Crippen molar-refractivity contribution >= 4 is 5.69 Å². The summed E-state index contributed by atoms with van der Waals surface area (Å²) >= 11 is 0. The molecule has 16 heavy (non-hydrogen) atoms. The summed E-state index contributed by atoms with van der Waals surface area (Å²) in [6, 6.07) is 4.35. The maximum absolute atomic E-state index is 4.56. The number of rotatable bonds is 1. The normalized spacial score (nSPS) is 19.4. The van der Waals surface area contributed by atoms with Crippen LogP contribution < -0.4 is 4.90 Å². The van der Waals surface area contributed by atoms with E-state index >= 15 is 0 Å². The van der Waals surface area contributed by atoms with E-state index in [1.54, 1.807) is 0 Å². The lowest BCUT2D eigenvalue weighted by Crippen LogP contribution is -2.53. The highest BCUT2D eigenvalue weighted by Gasteiger charge is 2.34. The van der Waals surface area contributed by atoms with Gasteiger partial charge in [0.2, 0.25) is 0 Å². The van der Waals surface area contributed by atoms with Gasteiger partial charge in [-0.3, -0.25) is 4.98 Å². The van der Waals surface area contributed by atoms with Gasteiger partial charge in [0.05, 0.1) is 11.9 Å². The van der Waals surface area contributed by atoms with Crippen LogP contribution in [0.15, 0.2) is 18.3 Å². The van der Waals surface area contributed by atoms with Crippen LogP contribution in [0.3, 0.4) is 0 Å². The van der Waals surface area contributed by atoms with E-state index in [1.807, 2.05) is 6.20 Å². The molecule has 0 aliphatic carbocycles. The van der Waals surface area contributed by atoms with Crippen molar-refractivity contribution in [3.05, 3.63) is 24.0 Å². The fourth-order valence-electron chi connectivity index (χ4n) is 2.19. The quantitative estimate of drug-likeness (QED) is 0.719. The maximum Gasteiger partial charge on any atom is 0.0553 e. The molecule has 0 atom stereocenters. The number of hydrogen-bond acceptors (Lipinski definition) is 2. The van der Waals surface area contributed by atoms with E-state index in [1.165, 1.54) is 5.69 Å². The molecule has 0 N–H and O–H groups in total. The second-order valence-electron chi connectivity index (χ2n) is 6.67. The van der Waals surface area contributed by atoms with Crippen LogP contribution in [0.25, 0.3) is 0 Å². The molecular weight excluding hydrogens is 196 g/mol. The molecule has 0 amide bonds. The van der Waals surface area contributed by atoms with Crippen LogP contribution in [0, 0.1) is 5.41 Å². The Morgan fingerprint density at radius 2 is 1.81 bits per heavy atom. The molecule has 0 aromatic carbocycles. The molecule has 1 aliphatic rings. The van der Waals surface area contributed by atoms with E-state index in [2.05, 4.69) is 56.6 Å². The highest BCUT2D eigenvalue weighted by atomic mass is 15.2. The van der Waals surface area contributed by atoms with Gasteiger partial charge in [-0.25, -0.2) is 0 Å². The van der Waals surface area contributed by atoms with Crippen molar-refractivity contribution in [1.29, 1.82) is 0 Å². The van der Waals surface area contributed by atoms with Crippen LogP contribution in [0.5, 0.6) is 0 Å². The first-order chi connectivity index (χ1) is 7.28. The molecule has 1 aromatic rings. The maximum atomic E-state index is 4.56. The molecule has 1 fully saturated rings. The average molecular weight is 218 g/mol. The Bertz CT molecular complexity index is 363. The van der Waals surface area contributed by atoms with E-state index < -0.39 is 0 Å². The summed E-state index contributed by atoms with van der Waals surface area (Å²) in [5, 5.41) is 0. The second kappa shape index (κ2) is 3.47. The molecule has 0 saturated carbocycles. The van der Waals surface area contributed by atoms with Gasteiger partial charge in [0.1, 0.15) is 0 Å². The minimum Gasteiger partial charge on any atom is -0.369 e. The van der Waals surface area contributed by atoms with E-state index in [4.69, 9.17) is 0 Å². The van der Waals surface area contributed by atoms with Crippen molar-refractivity contribution in [1.82, 2.24) is 4.98 Å². The monoisotopic (exact) mass is 218 g/mol. The van der Waals surface area contributed by atoms with Gasteiger partial charge >= 0.3 is 0 Å². The predicted molar refractivity (Wildman–Crippen MR) is 68.9 cm³/mol. The Balaban J connectivity index is 2.10. The molecule has 2 rings (SSSR count). The molecular formula is C14H22N2. The molecule has 0 bridgehead atoms. The molecule has 2 nitrogen and oxygen atoms in total. The molecule has 88 valence electrons. The third-order valence-corrected chi connectivity index (χ3v) is 3.12. The summed E-state index contributed by atoms with van der Waals surface area (Å²) in [4.78, 5) is 6.95. The van der Waals surface area contributed by atoms with Gasteiger partial charge in [0.25, 0.3) is 0 Å². The summed E-state index contributed by atoms with van der Waals surface area (Å²) in [5.74, 6) is 0. The largest absolute Gasteiger partial charge is 0.369 e. The number of pyridine rings is 1. The first kappa shape index (κ1) is 11.4. The van der Waals surface area contributed by atoms with Gasteiger partial charge in [0.15, 0.2) is 0 Å². The standard InChI is InChI=1S/C14H22N2/c1-13(2,3)12-7-6-11(8-15-12)16-9-14(4,5)10-16/h6-8H,9-10H2,1-5H3. The fraction of sp³-hybridized carbons (Fsp3) is 0.643. The fourth-order valence-corrected chi connectivity index (χ4v) is 2.19. The highest BCUT2D eigenvalue weighted by Crippen LogP contribution is 2.33. The van der Waals surface area contributed by atoms with Gasteiger partial charge in [-0.1, -0.05) is 34.6 Å². The minimum absolute atomic E-state index is 0.146. The number of aromatic nitrogens is 1. The number of anilines is 1. The zero-order valence-electron chi connectivity index (χ0n) is 11.0. The van der Waals surface area contributed by atoms with E-state index in [0.717, 1.165) is 18.8 Å². The molecule has 2 heterocycles. The van der Waals surface area contributed by atoms with Gasteiger partial charge in [-0.15, -0.1) is 0 Å². The van der Waals surface area contributed by atoms with Crippen molar-refractivity contribution < 1.29 is 0 Å². The van der Waals surface area contributed by atoms with Gasteiger partial charge in [-0.05, 0) is 17.5 Å². The lowest BCUT2D eigenvalue weighted by Gasteiger charge is -2.47. The van der Waals surface area contributed by atoms with Crippen LogP contribution in [0.1, 0.15) is 40.3 Å². The number of nitrogens with zero attached hydrogens (tertiary/aromatic N) is 2. The van der Waals surface area contributed by atoms with Crippen molar-refractivity contribution in [2.24, 2.45) is 5.41 Å². The van der Waals surface area contributed by atoms with Gasteiger partial charge in [-0.2, -0.15) is 0 Å². The highest BCUT2D eigenvalue weighted by molar-refractivity contribution is 5.48. The van der Waals surface area contributed by atoms with Crippen LogP contribution in [0.4, 0.5) is 5.69 Å². The molecule has 0 spiro atoms. The smallest absolute Gasteiger partial charge is 0.0553 e. The predicted octanol–water partition coefficient (Wildman–Crippen LogP) is 3.23. The molecule has 0 unspecified atom stereocenters. The summed E-state index contributed by atoms with van der Waals surface area (Å²) in [6.45, 7) is 13.5. The Kier molecular flexibility index (Phi) is 2.48. The number of hydrogen-bond donors (Lipinski definition) is 0. The summed E-state index contributed by atoms with van der Waals surface area (Å²) < 4.78 is 0. The van der Waals surface area contributed by atoms with Crippen molar-refractivity contribution in [2.75, 3.05) is 18.0 Å². The zero-order valence-corrected chi connectivity index (χ0v) is 11.0. The lowest BCUT2D eigenvalue weighted by atomic mass is 9.84.